The van der Waals surface area contributed by atoms with Crippen LogP contribution < -0.4 is 14.4 Å². The van der Waals surface area contributed by atoms with Gasteiger partial charge in [-0.2, -0.15) is 0 Å². The molecule has 8 heteroatoms. The zero-order chi connectivity index (χ0) is 21.8. The lowest BCUT2D eigenvalue weighted by Gasteiger charge is -2.35. The molecule has 0 radical (unpaired) electrons. The molecule has 1 fully saturated rings. The fourth-order valence-electron chi connectivity index (χ4n) is 3.59. The van der Waals surface area contributed by atoms with Gasteiger partial charge in [-0.05, 0) is 37.4 Å². The van der Waals surface area contributed by atoms with Crippen LogP contribution in [0.2, 0.25) is 0 Å². The zero-order valence-electron chi connectivity index (χ0n) is 17.5. The number of carbonyl (C=O) groups is 3. The van der Waals surface area contributed by atoms with Crippen molar-refractivity contribution in [1.82, 2.24) is 9.80 Å². The third-order valence-electron chi connectivity index (χ3n) is 5.49. The van der Waals surface area contributed by atoms with Gasteiger partial charge in [0.15, 0.2) is 19.0 Å². The molecular formula is C23H25N3O5. The number of ketones is 1. The summed E-state index contributed by atoms with van der Waals surface area (Å²) in [6, 6.07) is 14.0. The molecule has 31 heavy (non-hydrogen) atoms. The molecule has 4 rings (SSSR count). The van der Waals surface area contributed by atoms with E-state index in [1.807, 2.05) is 25.2 Å². The van der Waals surface area contributed by atoms with E-state index >= 15 is 0 Å². The van der Waals surface area contributed by atoms with Gasteiger partial charge in [0.2, 0.25) is 5.91 Å². The predicted octanol–water partition coefficient (Wildman–Crippen LogP) is 1.45. The van der Waals surface area contributed by atoms with E-state index in [9.17, 15) is 14.4 Å². The van der Waals surface area contributed by atoms with Crippen LogP contribution >= 0.6 is 0 Å². The van der Waals surface area contributed by atoms with Crippen molar-refractivity contribution in [3.05, 3.63) is 54.1 Å². The monoisotopic (exact) mass is 423 g/mol. The maximum atomic E-state index is 12.8. The van der Waals surface area contributed by atoms with Gasteiger partial charge in [0, 0.05) is 31.7 Å². The molecule has 2 aromatic rings. The van der Waals surface area contributed by atoms with Gasteiger partial charge in [0.05, 0.1) is 5.69 Å². The summed E-state index contributed by atoms with van der Waals surface area (Å²) in [4.78, 5) is 43.3. The molecule has 0 saturated carbocycles. The van der Waals surface area contributed by atoms with E-state index in [0.29, 0.717) is 35.8 Å². The largest absolute Gasteiger partial charge is 0.485 e. The number of rotatable bonds is 6. The first-order valence-electron chi connectivity index (χ1n) is 10.3. The fraction of sp³-hybridized carbons (Fsp3) is 0.348. The molecule has 2 heterocycles. The van der Waals surface area contributed by atoms with E-state index in [1.165, 1.54) is 4.90 Å². The number of benzene rings is 2. The number of Topliss-reactive ketones (excluding diaryl/α,β-unsaturated/α-hetero) is 1. The summed E-state index contributed by atoms with van der Waals surface area (Å²) in [6.45, 7) is 2.55. The first kappa shape index (κ1) is 20.9. The molecule has 8 nitrogen and oxygen atoms in total. The van der Waals surface area contributed by atoms with Crippen LogP contribution in [0.15, 0.2) is 48.5 Å². The number of hydrogen-bond acceptors (Lipinski definition) is 6. The quantitative estimate of drug-likeness (QED) is 0.655. The first-order valence-corrected chi connectivity index (χ1v) is 10.3. The van der Waals surface area contributed by atoms with Crippen molar-refractivity contribution in [2.24, 2.45) is 0 Å². The summed E-state index contributed by atoms with van der Waals surface area (Å²) in [5.74, 6) is 0.437. The Kier molecular flexibility index (Phi) is 6.18. The van der Waals surface area contributed by atoms with Crippen LogP contribution in [0.4, 0.5) is 5.69 Å². The Morgan fingerprint density at radius 3 is 2.52 bits per heavy atom. The highest BCUT2D eigenvalue weighted by Gasteiger charge is 2.30. The van der Waals surface area contributed by atoms with Crippen molar-refractivity contribution in [2.45, 2.75) is 0 Å². The van der Waals surface area contributed by atoms with Crippen LogP contribution in [0.5, 0.6) is 11.5 Å². The summed E-state index contributed by atoms with van der Waals surface area (Å²) >= 11 is 0. The molecule has 0 aliphatic carbocycles. The number of carbonyl (C=O) groups excluding carboxylic acids is 3. The second-order valence-corrected chi connectivity index (χ2v) is 7.66. The topological polar surface area (TPSA) is 79.4 Å². The maximum Gasteiger partial charge on any atom is 0.265 e. The van der Waals surface area contributed by atoms with Gasteiger partial charge < -0.3 is 19.3 Å². The second-order valence-electron chi connectivity index (χ2n) is 7.66. The lowest BCUT2D eigenvalue weighted by molar-refractivity contribution is -0.133. The molecule has 0 aromatic heterocycles. The summed E-state index contributed by atoms with van der Waals surface area (Å²) < 4.78 is 11.0. The van der Waals surface area contributed by atoms with E-state index in [0.717, 1.165) is 13.1 Å². The first-order chi connectivity index (χ1) is 15.0. The van der Waals surface area contributed by atoms with E-state index < -0.39 is 0 Å². The number of amides is 2. The Hall–Kier alpha value is -3.39. The summed E-state index contributed by atoms with van der Waals surface area (Å²) in [5, 5.41) is 0. The zero-order valence-corrected chi connectivity index (χ0v) is 17.5. The number of likely N-dealkylation sites (N-methyl/N-ethyl adjacent to an activating group) is 1. The van der Waals surface area contributed by atoms with E-state index in [-0.39, 0.29) is 37.4 Å². The van der Waals surface area contributed by atoms with Crippen LogP contribution in [-0.2, 0) is 9.59 Å². The summed E-state index contributed by atoms with van der Waals surface area (Å²) in [5.41, 5.74) is 0.828. The van der Waals surface area contributed by atoms with Crippen LogP contribution in [-0.4, -0.2) is 80.4 Å². The van der Waals surface area contributed by atoms with Crippen LogP contribution in [0.1, 0.15) is 10.4 Å². The number of para-hydroxylation sites is 1. The molecule has 2 aliphatic rings. The number of anilines is 1. The van der Waals surface area contributed by atoms with Gasteiger partial charge in [0.25, 0.3) is 5.91 Å². The van der Waals surface area contributed by atoms with Crippen molar-refractivity contribution >= 4 is 23.3 Å². The standard InChI is InChI=1S/C23H25N3O5/c1-24-9-11-25(12-10-24)22(28)14-26-19-13-17(7-8-21(19)31-16-23(26)29)20(27)15-30-18-5-3-2-4-6-18/h2-8,13H,9-12,14-16H2,1H3. The van der Waals surface area contributed by atoms with Crippen molar-refractivity contribution in [3.63, 3.8) is 0 Å². The number of fused-ring (bicyclic) bond motifs is 1. The normalized spacial score (nSPS) is 16.5. The lowest BCUT2D eigenvalue weighted by Crippen LogP contribution is -2.52. The van der Waals surface area contributed by atoms with Crippen molar-refractivity contribution in [2.75, 3.05) is 57.9 Å². The average molecular weight is 423 g/mol. The molecule has 0 N–H and O–H groups in total. The van der Waals surface area contributed by atoms with Crippen molar-refractivity contribution < 1.29 is 23.9 Å². The highest BCUT2D eigenvalue weighted by atomic mass is 16.5. The molecule has 162 valence electrons. The maximum absolute atomic E-state index is 12.8. The van der Waals surface area contributed by atoms with E-state index in [4.69, 9.17) is 9.47 Å². The third kappa shape index (κ3) is 4.86. The minimum absolute atomic E-state index is 0.0724. The molecule has 2 amide bonds. The van der Waals surface area contributed by atoms with Crippen LogP contribution in [0.25, 0.3) is 0 Å². The Morgan fingerprint density at radius 2 is 1.77 bits per heavy atom. The highest BCUT2D eigenvalue weighted by molar-refractivity contribution is 6.04. The smallest absolute Gasteiger partial charge is 0.265 e. The average Bonchev–Trinajstić information content (AvgIpc) is 2.80. The molecule has 0 bridgehead atoms. The van der Waals surface area contributed by atoms with E-state index in [1.54, 1.807) is 35.2 Å². The molecule has 1 saturated heterocycles. The van der Waals surface area contributed by atoms with Crippen molar-refractivity contribution in [3.8, 4) is 11.5 Å². The van der Waals surface area contributed by atoms with Gasteiger partial charge in [-0.25, -0.2) is 0 Å². The minimum atomic E-state index is -0.305. The second kappa shape index (κ2) is 9.18. The molecule has 0 atom stereocenters. The van der Waals surface area contributed by atoms with Crippen LogP contribution in [0, 0.1) is 0 Å². The van der Waals surface area contributed by atoms with Gasteiger partial charge in [-0.15, -0.1) is 0 Å². The molecular weight excluding hydrogens is 398 g/mol. The van der Waals surface area contributed by atoms with E-state index in [2.05, 4.69) is 4.90 Å². The van der Waals surface area contributed by atoms with Crippen LogP contribution in [0.3, 0.4) is 0 Å². The number of ether oxygens (including phenoxy) is 2. The Balaban J connectivity index is 1.48. The number of hydrogen-bond donors (Lipinski definition) is 0. The number of piperazine rings is 1. The fourth-order valence-corrected chi connectivity index (χ4v) is 3.59. The molecule has 2 aliphatic heterocycles. The van der Waals surface area contributed by atoms with Gasteiger partial charge >= 0.3 is 0 Å². The molecule has 0 unspecified atom stereocenters. The SMILES string of the molecule is CN1CCN(C(=O)CN2C(=O)COc3ccc(C(=O)COc4ccccc4)cc32)CC1. The minimum Gasteiger partial charge on any atom is -0.485 e. The number of nitrogens with zero attached hydrogens (tertiary/aromatic N) is 3. The van der Waals surface area contributed by atoms with Gasteiger partial charge in [0.1, 0.15) is 18.0 Å². The highest BCUT2D eigenvalue weighted by Crippen LogP contribution is 2.33. The third-order valence-corrected chi connectivity index (χ3v) is 5.49. The Morgan fingerprint density at radius 1 is 1.03 bits per heavy atom. The summed E-state index contributed by atoms with van der Waals surface area (Å²) in [7, 11) is 2.02. The van der Waals surface area contributed by atoms with Gasteiger partial charge in [-0.1, -0.05) is 18.2 Å². The van der Waals surface area contributed by atoms with Crippen molar-refractivity contribution in [1.29, 1.82) is 0 Å². The Labute approximate surface area is 180 Å². The Bertz CT molecular complexity index is 970. The summed E-state index contributed by atoms with van der Waals surface area (Å²) in [6.07, 6.45) is 0. The molecule has 0 spiro atoms. The van der Waals surface area contributed by atoms with Gasteiger partial charge in [-0.3, -0.25) is 19.3 Å². The molecule has 2 aromatic carbocycles. The lowest BCUT2D eigenvalue weighted by atomic mass is 10.1. The predicted molar refractivity (Wildman–Crippen MR) is 115 cm³/mol.